The van der Waals surface area contributed by atoms with Gasteiger partial charge in [-0.25, -0.2) is 4.79 Å². The molecule has 0 radical (unpaired) electrons. The van der Waals surface area contributed by atoms with Gasteiger partial charge in [0.1, 0.15) is 11.7 Å². The van der Waals surface area contributed by atoms with Crippen LogP contribution in [0.1, 0.15) is 65.7 Å². The van der Waals surface area contributed by atoms with E-state index in [2.05, 4.69) is 5.32 Å². The summed E-state index contributed by atoms with van der Waals surface area (Å²) >= 11 is 0. The van der Waals surface area contributed by atoms with Crippen molar-refractivity contribution in [1.82, 2.24) is 5.32 Å². The van der Waals surface area contributed by atoms with Gasteiger partial charge in [0, 0.05) is 6.42 Å². The van der Waals surface area contributed by atoms with Gasteiger partial charge in [-0.3, -0.25) is 4.79 Å². The highest BCUT2D eigenvalue weighted by Crippen LogP contribution is 2.20. The first-order valence-corrected chi connectivity index (χ1v) is 8.10. The van der Waals surface area contributed by atoms with E-state index >= 15 is 0 Å². The third-order valence-electron chi connectivity index (χ3n) is 3.49. The number of aliphatic hydroxyl groups is 1. The van der Waals surface area contributed by atoms with Crippen molar-refractivity contribution in [1.29, 1.82) is 0 Å². The van der Waals surface area contributed by atoms with Crippen LogP contribution < -0.4 is 5.32 Å². The Kier molecular flexibility index (Phi) is 7.65. The first kappa shape index (κ1) is 18.7. The van der Waals surface area contributed by atoms with Crippen molar-refractivity contribution in [2.24, 2.45) is 0 Å². The fourth-order valence-electron chi connectivity index (χ4n) is 2.40. The molecule has 6 nitrogen and oxygen atoms in total. The molecule has 0 heterocycles. The van der Waals surface area contributed by atoms with E-state index in [0.29, 0.717) is 6.42 Å². The number of aliphatic hydroxyl groups excluding tert-OH is 1. The maximum absolute atomic E-state index is 11.8. The Labute approximate surface area is 132 Å². The lowest BCUT2D eigenvalue weighted by Crippen LogP contribution is -2.41. The summed E-state index contributed by atoms with van der Waals surface area (Å²) in [6.45, 7) is 5.06. The third kappa shape index (κ3) is 8.22. The van der Waals surface area contributed by atoms with Crippen LogP contribution in [0.25, 0.3) is 0 Å². The first-order valence-electron chi connectivity index (χ1n) is 8.10. The normalized spacial score (nSPS) is 17.6. The van der Waals surface area contributed by atoms with Crippen LogP contribution >= 0.6 is 0 Å². The van der Waals surface area contributed by atoms with Crippen molar-refractivity contribution < 1.29 is 24.2 Å². The molecule has 1 amide bonds. The van der Waals surface area contributed by atoms with E-state index in [1.807, 2.05) is 0 Å². The summed E-state index contributed by atoms with van der Waals surface area (Å²) in [4.78, 5) is 23.4. The van der Waals surface area contributed by atoms with Crippen LogP contribution in [-0.4, -0.2) is 41.5 Å². The number of rotatable bonds is 6. The minimum atomic E-state index is -0.593. The molecule has 0 aromatic carbocycles. The van der Waals surface area contributed by atoms with Gasteiger partial charge in [-0.2, -0.15) is 0 Å². The van der Waals surface area contributed by atoms with E-state index in [1.165, 1.54) is 6.42 Å². The highest BCUT2D eigenvalue weighted by atomic mass is 16.6. The van der Waals surface area contributed by atoms with Crippen LogP contribution in [0.4, 0.5) is 4.79 Å². The molecule has 0 aromatic heterocycles. The second-order valence-electron chi connectivity index (χ2n) is 6.81. The Balaban J connectivity index is 2.27. The molecule has 128 valence electrons. The summed E-state index contributed by atoms with van der Waals surface area (Å²) in [5, 5.41) is 11.8. The fourth-order valence-corrected chi connectivity index (χ4v) is 2.40. The predicted molar refractivity (Wildman–Crippen MR) is 82.4 cm³/mol. The zero-order valence-corrected chi connectivity index (χ0v) is 13.9. The van der Waals surface area contributed by atoms with E-state index in [-0.39, 0.29) is 25.1 Å². The molecule has 0 spiro atoms. The zero-order chi connectivity index (χ0) is 16.6. The van der Waals surface area contributed by atoms with Crippen molar-refractivity contribution >= 4 is 12.1 Å². The molecule has 1 fully saturated rings. The Morgan fingerprint density at radius 2 is 1.86 bits per heavy atom. The van der Waals surface area contributed by atoms with Gasteiger partial charge < -0.3 is 19.9 Å². The number of carbonyl (C=O) groups is 2. The smallest absolute Gasteiger partial charge is 0.407 e. The molecule has 1 aliphatic rings. The predicted octanol–water partition coefficient (Wildman–Crippen LogP) is 2.53. The molecule has 1 aliphatic carbocycles. The molecule has 0 aromatic rings. The van der Waals surface area contributed by atoms with Gasteiger partial charge >= 0.3 is 12.1 Å². The van der Waals surface area contributed by atoms with Gasteiger partial charge in [-0.1, -0.05) is 6.42 Å². The Bertz CT molecular complexity index is 358. The number of hydrogen-bond donors (Lipinski definition) is 2. The number of alkyl carbamates (subject to hydrolysis) is 1. The molecule has 1 atom stereocenters. The molecular weight excluding hydrogens is 286 g/mol. The van der Waals surface area contributed by atoms with Crippen molar-refractivity contribution in [2.45, 2.75) is 83.5 Å². The first-order chi connectivity index (χ1) is 10.3. The zero-order valence-electron chi connectivity index (χ0n) is 13.9. The highest BCUT2D eigenvalue weighted by Gasteiger charge is 2.21. The molecule has 1 rings (SSSR count). The molecular formula is C16H29NO5. The Morgan fingerprint density at radius 1 is 1.23 bits per heavy atom. The molecule has 0 bridgehead atoms. The van der Waals surface area contributed by atoms with Crippen LogP contribution in [0.3, 0.4) is 0 Å². The quantitative estimate of drug-likeness (QED) is 0.736. The van der Waals surface area contributed by atoms with Crippen molar-refractivity contribution in [3.63, 3.8) is 0 Å². The number of hydrogen-bond acceptors (Lipinski definition) is 5. The molecule has 6 heteroatoms. The standard InChI is InChI=1S/C16H29NO5/c1-16(2,3)22-15(20)17-12(11-18)9-10-14(19)21-13-7-5-4-6-8-13/h12-13,18H,4-11H2,1-3H3,(H,17,20)/t12-/m0/s1. The lowest BCUT2D eigenvalue weighted by molar-refractivity contribution is -0.150. The molecule has 1 saturated carbocycles. The Hall–Kier alpha value is -1.30. The van der Waals surface area contributed by atoms with Crippen LogP contribution in [0.5, 0.6) is 0 Å². The van der Waals surface area contributed by atoms with Gasteiger partial charge in [0.25, 0.3) is 0 Å². The van der Waals surface area contributed by atoms with Crippen molar-refractivity contribution in [2.75, 3.05) is 6.61 Å². The van der Waals surface area contributed by atoms with Gasteiger partial charge in [0.15, 0.2) is 0 Å². The Morgan fingerprint density at radius 3 is 2.41 bits per heavy atom. The van der Waals surface area contributed by atoms with Crippen LogP contribution in [0.15, 0.2) is 0 Å². The number of esters is 1. The lowest BCUT2D eigenvalue weighted by atomic mass is 9.98. The third-order valence-corrected chi connectivity index (χ3v) is 3.49. The average Bonchev–Trinajstić information content (AvgIpc) is 2.42. The highest BCUT2D eigenvalue weighted by molar-refractivity contribution is 5.70. The number of carbonyl (C=O) groups excluding carboxylic acids is 2. The summed E-state index contributed by atoms with van der Waals surface area (Å²) < 4.78 is 10.5. The van der Waals surface area contributed by atoms with Crippen molar-refractivity contribution in [3.8, 4) is 0 Å². The van der Waals surface area contributed by atoms with Crippen molar-refractivity contribution in [3.05, 3.63) is 0 Å². The summed E-state index contributed by atoms with van der Waals surface area (Å²) in [6.07, 6.45) is 5.25. The summed E-state index contributed by atoms with van der Waals surface area (Å²) in [7, 11) is 0. The second kappa shape index (κ2) is 8.98. The fraction of sp³-hybridized carbons (Fsp3) is 0.875. The number of nitrogens with one attached hydrogen (secondary N) is 1. The maximum Gasteiger partial charge on any atom is 0.407 e. The number of ether oxygens (including phenoxy) is 2. The van der Waals surface area contributed by atoms with Gasteiger partial charge in [-0.05, 0) is 52.9 Å². The minimum absolute atomic E-state index is 0.0349. The summed E-state index contributed by atoms with van der Waals surface area (Å²) in [5.74, 6) is -0.267. The monoisotopic (exact) mass is 315 g/mol. The molecule has 0 unspecified atom stereocenters. The van der Waals surface area contributed by atoms with Crippen LogP contribution in [0.2, 0.25) is 0 Å². The maximum atomic E-state index is 11.8. The summed E-state index contributed by atoms with van der Waals surface area (Å²) in [6, 6.07) is -0.506. The molecule has 0 saturated heterocycles. The molecule has 2 N–H and O–H groups in total. The van der Waals surface area contributed by atoms with Crippen LogP contribution in [-0.2, 0) is 14.3 Å². The average molecular weight is 315 g/mol. The van der Waals surface area contributed by atoms with Gasteiger partial charge in [-0.15, -0.1) is 0 Å². The summed E-state index contributed by atoms with van der Waals surface area (Å²) in [5.41, 5.74) is -0.593. The minimum Gasteiger partial charge on any atom is -0.462 e. The molecule has 22 heavy (non-hydrogen) atoms. The topological polar surface area (TPSA) is 84.9 Å². The van der Waals surface area contributed by atoms with E-state index in [1.54, 1.807) is 20.8 Å². The van der Waals surface area contributed by atoms with E-state index < -0.39 is 17.7 Å². The van der Waals surface area contributed by atoms with E-state index in [9.17, 15) is 14.7 Å². The van der Waals surface area contributed by atoms with E-state index in [4.69, 9.17) is 9.47 Å². The SMILES string of the molecule is CC(C)(C)OC(=O)N[C@H](CO)CCC(=O)OC1CCCCC1. The van der Waals surface area contributed by atoms with Gasteiger partial charge in [0.2, 0.25) is 0 Å². The van der Waals surface area contributed by atoms with E-state index in [0.717, 1.165) is 25.7 Å². The van der Waals surface area contributed by atoms with Crippen LogP contribution in [0, 0.1) is 0 Å². The number of amides is 1. The second-order valence-corrected chi connectivity index (χ2v) is 6.81. The van der Waals surface area contributed by atoms with Gasteiger partial charge in [0.05, 0.1) is 12.6 Å². The largest absolute Gasteiger partial charge is 0.462 e. The lowest BCUT2D eigenvalue weighted by Gasteiger charge is -2.23. The molecule has 0 aliphatic heterocycles.